The number of phenolic OH excluding ortho intramolecular Hbond substituents is 1. The molecule has 2 aromatic rings. The van der Waals surface area contributed by atoms with Crippen molar-refractivity contribution < 1.29 is 14.3 Å². The number of nitrogens with two attached hydrogens (primary N) is 1. The van der Waals surface area contributed by atoms with Gasteiger partial charge in [0.25, 0.3) is 0 Å². The average molecular weight is 275 g/mol. The molecule has 0 aliphatic heterocycles. The number of aromatic hydroxyl groups is 1. The SMILES string of the molecule is NC(=O)Nc1cccc(NCc2cccc(F)c2O)c1. The first-order valence-electron chi connectivity index (χ1n) is 5.93. The molecule has 0 aromatic heterocycles. The minimum Gasteiger partial charge on any atom is -0.505 e. The first-order valence-corrected chi connectivity index (χ1v) is 5.93. The Kier molecular flexibility index (Phi) is 4.05. The number of hydrogen-bond acceptors (Lipinski definition) is 3. The van der Waals surface area contributed by atoms with E-state index in [2.05, 4.69) is 10.6 Å². The van der Waals surface area contributed by atoms with Crippen LogP contribution >= 0.6 is 0 Å². The van der Waals surface area contributed by atoms with Gasteiger partial charge in [0.05, 0.1) is 0 Å². The van der Waals surface area contributed by atoms with Crippen LogP contribution in [0.1, 0.15) is 5.56 Å². The number of anilines is 2. The van der Waals surface area contributed by atoms with Crippen LogP contribution in [0.5, 0.6) is 5.75 Å². The molecule has 0 bridgehead atoms. The van der Waals surface area contributed by atoms with Gasteiger partial charge in [0.2, 0.25) is 0 Å². The van der Waals surface area contributed by atoms with Gasteiger partial charge in [-0.2, -0.15) is 0 Å². The maximum Gasteiger partial charge on any atom is 0.316 e. The molecule has 0 fully saturated rings. The van der Waals surface area contributed by atoms with Gasteiger partial charge >= 0.3 is 6.03 Å². The van der Waals surface area contributed by atoms with Crippen molar-refractivity contribution in [3.05, 3.63) is 53.8 Å². The minimum atomic E-state index is -0.659. The Hall–Kier alpha value is -2.76. The van der Waals surface area contributed by atoms with Crippen LogP contribution in [0.25, 0.3) is 0 Å². The molecule has 0 spiro atoms. The molecular weight excluding hydrogens is 261 g/mol. The average Bonchev–Trinajstić information content (AvgIpc) is 2.40. The third-order valence-corrected chi connectivity index (χ3v) is 2.68. The molecule has 2 aromatic carbocycles. The van der Waals surface area contributed by atoms with Crippen molar-refractivity contribution in [1.29, 1.82) is 0 Å². The van der Waals surface area contributed by atoms with Gasteiger partial charge in [-0.1, -0.05) is 18.2 Å². The highest BCUT2D eigenvalue weighted by Gasteiger charge is 2.06. The highest BCUT2D eigenvalue weighted by Crippen LogP contribution is 2.22. The van der Waals surface area contributed by atoms with Crippen molar-refractivity contribution in [3.8, 4) is 5.75 Å². The Bertz CT molecular complexity index is 632. The molecule has 104 valence electrons. The maximum absolute atomic E-state index is 13.2. The van der Waals surface area contributed by atoms with Crippen molar-refractivity contribution in [1.82, 2.24) is 0 Å². The molecule has 0 radical (unpaired) electrons. The molecule has 0 heterocycles. The number of benzene rings is 2. The summed E-state index contributed by atoms with van der Waals surface area (Å²) in [6.07, 6.45) is 0. The zero-order valence-electron chi connectivity index (χ0n) is 10.6. The number of primary amides is 1. The van der Waals surface area contributed by atoms with Gasteiger partial charge in [-0.05, 0) is 24.3 Å². The van der Waals surface area contributed by atoms with Crippen molar-refractivity contribution in [2.75, 3.05) is 10.6 Å². The van der Waals surface area contributed by atoms with Gasteiger partial charge in [-0.3, -0.25) is 0 Å². The molecule has 5 nitrogen and oxygen atoms in total. The Labute approximate surface area is 115 Å². The van der Waals surface area contributed by atoms with E-state index in [-0.39, 0.29) is 12.3 Å². The van der Waals surface area contributed by atoms with Crippen LogP contribution in [0.2, 0.25) is 0 Å². The Morgan fingerprint density at radius 1 is 1.20 bits per heavy atom. The number of halogens is 1. The molecule has 0 aliphatic carbocycles. The number of para-hydroxylation sites is 1. The number of hydrogen-bond donors (Lipinski definition) is 4. The van der Waals surface area contributed by atoms with Crippen LogP contribution in [0.15, 0.2) is 42.5 Å². The van der Waals surface area contributed by atoms with Gasteiger partial charge in [0, 0.05) is 23.5 Å². The third kappa shape index (κ3) is 3.38. The second kappa shape index (κ2) is 5.92. The molecule has 0 unspecified atom stereocenters. The molecular formula is C14H14FN3O2. The van der Waals surface area contributed by atoms with Crippen molar-refractivity contribution in [2.45, 2.75) is 6.54 Å². The van der Waals surface area contributed by atoms with Crippen molar-refractivity contribution in [2.24, 2.45) is 5.73 Å². The van der Waals surface area contributed by atoms with Crippen LogP contribution in [0.4, 0.5) is 20.6 Å². The standard InChI is InChI=1S/C14H14FN3O2/c15-12-6-1-3-9(13(12)19)8-17-10-4-2-5-11(7-10)18-14(16)20/h1-7,17,19H,8H2,(H3,16,18,20). The number of carbonyl (C=O) groups is 1. The third-order valence-electron chi connectivity index (χ3n) is 2.68. The largest absolute Gasteiger partial charge is 0.505 e. The van der Waals surface area contributed by atoms with E-state index in [4.69, 9.17) is 5.73 Å². The lowest BCUT2D eigenvalue weighted by atomic mass is 10.2. The molecule has 2 rings (SSSR count). The second-order valence-corrected chi connectivity index (χ2v) is 4.17. The van der Waals surface area contributed by atoms with Crippen molar-refractivity contribution in [3.63, 3.8) is 0 Å². The molecule has 0 atom stereocenters. The normalized spacial score (nSPS) is 10.1. The van der Waals surface area contributed by atoms with E-state index >= 15 is 0 Å². The summed E-state index contributed by atoms with van der Waals surface area (Å²) in [6, 6.07) is 10.6. The lowest BCUT2D eigenvalue weighted by Gasteiger charge is -2.10. The topological polar surface area (TPSA) is 87.4 Å². The van der Waals surface area contributed by atoms with Crippen LogP contribution in [-0.4, -0.2) is 11.1 Å². The van der Waals surface area contributed by atoms with Crippen LogP contribution in [0, 0.1) is 5.82 Å². The van der Waals surface area contributed by atoms with E-state index < -0.39 is 11.8 Å². The van der Waals surface area contributed by atoms with Gasteiger partial charge in [-0.25, -0.2) is 9.18 Å². The molecule has 2 amide bonds. The molecule has 20 heavy (non-hydrogen) atoms. The van der Waals surface area contributed by atoms with E-state index in [0.29, 0.717) is 16.9 Å². The van der Waals surface area contributed by atoms with E-state index in [9.17, 15) is 14.3 Å². The zero-order valence-corrected chi connectivity index (χ0v) is 10.6. The van der Waals surface area contributed by atoms with Crippen LogP contribution in [0.3, 0.4) is 0 Å². The van der Waals surface area contributed by atoms with E-state index in [1.54, 1.807) is 30.3 Å². The highest BCUT2D eigenvalue weighted by molar-refractivity contribution is 5.88. The quantitative estimate of drug-likeness (QED) is 0.691. The molecule has 0 aliphatic rings. The van der Waals surface area contributed by atoms with E-state index in [1.807, 2.05) is 0 Å². The number of rotatable bonds is 4. The Morgan fingerprint density at radius 3 is 2.65 bits per heavy atom. The van der Waals surface area contributed by atoms with Crippen LogP contribution in [-0.2, 0) is 6.54 Å². The highest BCUT2D eigenvalue weighted by atomic mass is 19.1. The minimum absolute atomic E-state index is 0.254. The molecule has 0 saturated heterocycles. The van der Waals surface area contributed by atoms with Gasteiger partial charge in [0.15, 0.2) is 11.6 Å². The second-order valence-electron chi connectivity index (χ2n) is 4.17. The van der Waals surface area contributed by atoms with Gasteiger partial charge < -0.3 is 21.5 Å². The van der Waals surface area contributed by atoms with E-state index in [0.717, 1.165) is 0 Å². The van der Waals surface area contributed by atoms with Gasteiger partial charge in [0.1, 0.15) is 0 Å². The summed E-state index contributed by atoms with van der Waals surface area (Å²) in [5, 5.41) is 15.0. The lowest BCUT2D eigenvalue weighted by molar-refractivity contribution is 0.259. The number of carbonyl (C=O) groups excluding carboxylic acids is 1. The smallest absolute Gasteiger partial charge is 0.316 e. The predicted octanol–water partition coefficient (Wildman–Crippen LogP) is 2.63. The van der Waals surface area contributed by atoms with Crippen molar-refractivity contribution >= 4 is 17.4 Å². The maximum atomic E-state index is 13.2. The molecule has 6 heteroatoms. The molecule has 5 N–H and O–H groups in total. The number of nitrogens with one attached hydrogen (secondary N) is 2. The summed E-state index contributed by atoms with van der Waals surface area (Å²) >= 11 is 0. The zero-order chi connectivity index (χ0) is 14.5. The fraction of sp³-hybridized carbons (Fsp3) is 0.0714. The monoisotopic (exact) mass is 275 g/mol. The fourth-order valence-corrected chi connectivity index (χ4v) is 1.75. The Balaban J connectivity index is 2.07. The number of phenols is 1. The number of amides is 2. The summed E-state index contributed by atoms with van der Waals surface area (Å²) in [4.78, 5) is 10.8. The fourth-order valence-electron chi connectivity index (χ4n) is 1.75. The Morgan fingerprint density at radius 2 is 1.90 bits per heavy atom. The summed E-state index contributed by atoms with van der Waals surface area (Å²) in [7, 11) is 0. The van der Waals surface area contributed by atoms with Gasteiger partial charge in [-0.15, -0.1) is 0 Å². The summed E-state index contributed by atoms with van der Waals surface area (Å²) < 4.78 is 13.2. The predicted molar refractivity (Wildman–Crippen MR) is 75.0 cm³/mol. The first kappa shape index (κ1) is 13.7. The lowest BCUT2D eigenvalue weighted by Crippen LogP contribution is -2.19. The molecule has 0 saturated carbocycles. The van der Waals surface area contributed by atoms with E-state index in [1.165, 1.54) is 12.1 Å². The summed E-state index contributed by atoms with van der Waals surface area (Å²) in [6.45, 7) is 0.254. The van der Waals surface area contributed by atoms with Crippen LogP contribution < -0.4 is 16.4 Å². The number of urea groups is 1. The first-order chi connectivity index (χ1) is 9.56. The summed E-state index contributed by atoms with van der Waals surface area (Å²) in [5.41, 5.74) is 6.73. The summed E-state index contributed by atoms with van der Waals surface area (Å²) in [5.74, 6) is -1.03.